The zero-order chi connectivity index (χ0) is 21.7. The molecule has 10 heteroatoms. The van der Waals surface area contributed by atoms with E-state index in [-0.39, 0.29) is 28.8 Å². The van der Waals surface area contributed by atoms with Gasteiger partial charge in [-0.2, -0.15) is 10.4 Å². The Balaban J connectivity index is 1.60. The molecular formula is C20H21FN8O. The molecule has 30 heavy (non-hydrogen) atoms. The molecule has 0 saturated heterocycles. The monoisotopic (exact) mass is 408 g/mol. The topological polar surface area (TPSA) is 126 Å². The number of hydrogen-bond acceptors (Lipinski definition) is 7. The van der Waals surface area contributed by atoms with Crippen LogP contribution in [0.5, 0.6) is 0 Å². The largest absolute Gasteiger partial charge is 0.382 e. The number of aryl methyl sites for hydroxylation is 1. The van der Waals surface area contributed by atoms with Crippen LogP contribution in [0.2, 0.25) is 0 Å². The number of nitrogens with zero attached hydrogens (tertiary/aromatic N) is 6. The summed E-state index contributed by atoms with van der Waals surface area (Å²) in [6.07, 6.45) is 0.982. The molecule has 0 atom stereocenters. The molecule has 3 rings (SSSR count). The summed E-state index contributed by atoms with van der Waals surface area (Å²) < 4.78 is 14.6. The van der Waals surface area contributed by atoms with Crippen molar-refractivity contribution < 1.29 is 9.18 Å². The van der Waals surface area contributed by atoms with Crippen molar-refractivity contribution >= 4 is 17.5 Å². The molecule has 0 spiro atoms. The number of amides is 1. The number of carbonyl (C=O) groups excluding carboxylic acids is 1. The smallest absolute Gasteiger partial charge is 0.271 e. The summed E-state index contributed by atoms with van der Waals surface area (Å²) in [5.41, 5.74) is 7.62. The molecule has 154 valence electrons. The molecular weight excluding hydrogens is 387 g/mol. The standard InChI is InChI=1S/C20H21FN8O/c1-28(2)18-10-9-17(25-26-18)20(30)24-11-3-4-16-15(12-22)19(23)29(27-16)14-7-5-13(21)6-8-14/h5-10H,3-4,11,23H2,1-2H3,(H,24,30). The first-order valence-corrected chi connectivity index (χ1v) is 9.23. The summed E-state index contributed by atoms with van der Waals surface area (Å²) in [6.45, 7) is 0.365. The van der Waals surface area contributed by atoms with Gasteiger partial charge in [0.1, 0.15) is 23.3 Å². The van der Waals surface area contributed by atoms with Crippen molar-refractivity contribution in [1.29, 1.82) is 5.26 Å². The third kappa shape index (κ3) is 4.52. The number of nitrogen functional groups attached to an aromatic ring is 1. The van der Waals surface area contributed by atoms with Crippen molar-refractivity contribution in [2.45, 2.75) is 12.8 Å². The second kappa shape index (κ2) is 9.00. The van der Waals surface area contributed by atoms with E-state index in [4.69, 9.17) is 5.73 Å². The first kappa shape index (κ1) is 20.7. The summed E-state index contributed by atoms with van der Waals surface area (Å²) in [7, 11) is 3.67. The highest BCUT2D eigenvalue weighted by Gasteiger charge is 2.16. The molecule has 3 N–H and O–H groups in total. The minimum atomic E-state index is -0.373. The second-order valence-electron chi connectivity index (χ2n) is 6.74. The van der Waals surface area contributed by atoms with E-state index in [1.54, 1.807) is 17.0 Å². The lowest BCUT2D eigenvalue weighted by molar-refractivity contribution is 0.0947. The number of nitrogens with two attached hydrogens (primary N) is 1. The van der Waals surface area contributed by atoms with Crippen LogP contribution in [0, 0.1) is 17.1 Å². The van der Waals surface area contributed by atoms with Gasteiger partial charge < -0.3 is 16.0 Å². The predicted octanol–water partition coefficient (Wildman–Crippen LogP) is 1.68. The highest BCUT2D eigenvalue weighted by molar-refractivity contribution is 5.92. The minimum absolute atomic E-state index is 0.194. The zero-order valence-electron chi connectivity index (χ0n) is 16.6. The molecule has 0 aliphatic carbocycles. The molecule has 0 saturated carbocycles. The number of nitrogens with one attached hydrogen (secondary N) is 1. The number of rotatable bonds is 7. The lowest BCUT2D eigenvalue weighted by Crippen LogP contribution is -2.26. The number of carbonyl (C=O) groups is 1. The van der Waals surface area contributed by atoms with Crippen LogP contribution in [0.3, 0.4) is 0 Å². The van der Waals surface area contributed by atoms with E-state index in [0.29, 0.717) is 36.6 Å². The zero-order valence-corrected chi connectivity index (χ0v) is 16.6. The molecule has 0 aliphatic heterocycles. The van der Waals surface area contributed by atoms with Crippen LogP contribution in [-0.2, 0) is 6.42 Å². The Morgan fingerprint density at radius 1 is 1.23 bits per heavy atom. The average molecular weight is 408 g/mol. The lowest BCUT2D eigenvalue weighted by atomic mass is 10.1. The molecule has 0 bridgehead atoms. The van der Waals surface area contributed by atoms with Gasteiger partial charge in [-0.25, -0.2) is 9.07 Å². The SMILES string of the molecule is CN(C)c1ccc(C(=O)NCCCc2nn(-c3ccc(F)cc3)c(N)c2C#N)nn1. The number of halogens is 1. The van der Waals surface area contributed by atoms with Gasteiger partial charge in [0.15, 0.2) is 11.5 Å². The van der Waals surface area contributed by atoms with Gasteiger partial charge in [-0.3, -0.25) is 4.79 Å². The van der Waals surface area contributed by atoms with Crippen LogP contribution in [-0.4, -0.2) is 46.5 Å². The lowest BCUT2D eigenvalue weighted by Gasteiger charge is -2.10. The Kier molecular flexibility index (Phi) is 6.22. The van der Waals surface area contributed by atoms with Crippen LogP contribution in [0.25, 0.3) is 5.69 Å². The third-order valence-electron chi connectivity index (χ3n) is 4.39. The number of nitriles is 1. The van der Waals surface area contributed by atoms with Crippen molar-refractivity contribution in [3.05, 3.63) is 59.2 Å². The fourth-order valence-corrected chi connectivity index (χ4v) is 2.79. The Morgan fingerprint density at radius 2 is 1.97 bits per heavy atom. The maximum Gasteiger partial charge on any atom is 0.271 e. The highest BCUT2D eigenvalue weighted by Crippen LogP contribution is 2.21. The van der Waals surface area contributed by atoms with Crippen LogP contribution in [0.4, 0.5) is 16.0 Å². The molecule has 0 unspecified atom stereocenters. The Labute approximate surface area is 172 Å². The fourth-order valence-electron chi connectivity index (χ4n) is 2.79. The van der Waals surface area contributed by atoms with Crippen LogP contribution in [0.15, 0.2) is 36.4 Å². The number of aromatic nitrogens is 4. The van der Waals surface area contributed by atoms with E-state index in [1.165, 1.54) is 28.9 Å². The number of anilines is 2. The highest BCUT2D eigenvalue weighted by atomic mass is 19.1. The molecule has 2 aromatic heterocycles. The van der Waals surface area contributed by atoms with E-state index in [2.05, 4.69) is 26.7 Å². The van der Waals surface area contributed by atoms with Gasteiger partial charge in [0, 0.05) is 20.6 Å². The van der Waals surface area contributed by atoms with E-state index in [0.717, 1.165) is 0 Å². The van der Waals surface area contributed by atoms with Gasteiger partial charge in [-0.1, -0.05) is 0 Å². The predicted molar refractivity (Wildman–Crippen MR) is 110 cm³/mol. The summed E-state index contributed by atoms with van der Waals surface area (Å²) >= 11 is 0. The summed E-state index contributed by atoms with van der Waals surface area (Å²) in [5.74, 6) is 0.149. The molecule has 1 amide bonds. The molecule has 0 fully saturated rings. The number of benzene rings is 1. The van der Waals surface area contributed by atoms with Crippen LogP contribution < -0.4 is 16.0 Å². The first-order valence-electron chi connectivity index (χ1n) is 9.23. The maximum atomic E-state index is 13.1. The molecule has 2 heterocycles. The number of hydrogen-bond donors (Lipinski definition) is 2. The third-order valence-corrected chi connectivity index (χ3v) is 4.39. The van der Waals surface area contributed by atoms with Crippen LogP contribution in [0.1, 0.15) is 28.2 Å². The Morgan fingerprint density at radius 3 is 2.57 bits per heavy atom. The van der Waals surface area contributed by atoms with Gasteiger partial charge in [0.25, 0.3) is 5.91 Å². The Hall–Kier alpha value is -4.00. The molecule has 0 aliphatic rings. The molecule has 0 radical (unpaired) electrons. The molecule has 3 aromatic rings. The summed E-state index contributed by atoms with van der Waals surface area (Å²) in [4.78, 5) is 14.0. The van der Waals surface area contributed by atoms with E-state index in [1.807, 2.05) is 14.1 Å². The second-order valence-corrected chi connectivity index (χ2v) is 6.74. The minimum Gasteiger partial charge on any atom is -0.382 e. The van der Waals surface area contributed by atoms with Gasteiger partial charge in [-0.05, 0) is 49.2 Å². The molecule has 9 nitrogen and oxygen atoms in total. The summed E-state index contributed by atoms with van der Waals surface area (Å²) in [6, 6.07) is 11.0. The van der Waals surface area contributed by atoms with E-state index in [9.17, 15) is 14.4 Å². The molecule has 1 aromatic carbocycles. The van der Waals surface area contributed by atoms with Crippen molar-refractivity contribution in [2.24, 2.45) is 0 Å². The maximum absolute atomic E-state index is 13.1. The van der Waals surface area contributed by atoms with E-state index < -0.39 is 0 Å². The normalized spacial score (nSPS) is 10.5. The van der Waals surface area contributed by atoms with Crippen molar-refractivity contribution in [3.8, 4) is 11.8 Å². The first-order chi connectivity index (χ1) is 14.4. The van der Waals surface area contributed by atoms with Gasteiger partial charge in [0.2, 0.25) is 0 Å². The quantitative estimate of drug-likeness (QED) is 0.570. The Bertz CT molecular complexity index is 1070. The van der Waals surface area contributed by atoms with Gasteiger partial charge in [0.05, 0.1) is 11.4 Å². The van der Waals surface area contributed by atoms with Crippen molar-refractivity contribution in [2.75, 3.05) is 31.3 Å². The van der Waals surface area contributed by atoms with Crippen LogP contribution >= 0.6 is 0 Å². The summed E-state index contributed by atoms with van der Waals surface area (Å²) in [5, 5.41) is 24.5. The average Bonchev–Trinajstić information content (AvgIpc) is 3.06. The fraction of sp³-hybridized carbons (Fsp3) is 0.250. The van der Waals surface area contributed by atoms with Gasteiger partial charge >= 0.3 is 0 Å². The van der Waals surface area contributed by atoms with Crippen molar-refractivity contribution in [3.63, 3.8) is 0 Å². The van der Waals surface area contributed by atoms with E-state index >= 15 is 0 Å². The van der Waals surface area contributed by atoms with Crippen molar-refractivity contribution in [1.82, 2.24) is 25.3 Å². The van der Waals surface area contributed by atoms with Gasteiger partial charge in [-0.15, -0.1) is 10.2 Å².